The van der Waals surface area contributed by atoms with Crippen LogP contribution in [0.5, 0.6) is 11.5 Å². The average Bonchev–Trinajstić information content (AvgIpc) is 2.97. The molecule has 1 unspecified atom stereocenters. The zero-order valence-corrected chi connectivity index (χ0v) is 13.2. The Balaban J connectivity index is 2.26. The van der Waals surface area contributed by atoms with Crippen molar-refractivity contribution in [3.8, 4) is 11.5 Å². The van der Waals surface area contributed by atoms with Gasteiger partial charge in [-0.05, 0) is 17.4 Å². The summed E-state index contributed by atoms with van der Waals surface area (Å²) in [6.45, 7) is 4.43. The molecule has 0 aliphatic heterocycles. The molecule has 0 aliphatic carbocycles. The molecule has 3 nitrogen and oxygen atoms in total. The van der Waals surface area contributed by atoms with E-state index in [2.05, 4.69) is 36.7 Å². The smallest absolute Gasteiger partial charge is 0.124 e. The van der Waals surface area contributed by atoms with Crippen LogP contribution >= 0.6 is 11.3 Å². The molecule has 1 aromatic heterocycles. The van der Waals surface area contributed by atoms with Gasteiger partial charge in [-0.15, -0.1) is 11.3 Å². The third-order valence-electron chi connectivity index (χ3n) is 3.19. The third kappa shape index (κ3) is 3.45. The Bertz CT molecular complexity index is 515. The molecular weight excluding hydrogens is 270 g/mol. The highest BCUT2D eigenvalue weighted by molar-refractivity contribution is 7.10. The molecule has 0 aliphatic rings. The predicted octanol–water partition coefficient (Wildman–Crippen LogP) is 4.57. The third-order valence-corrected chi connectivity index (χ3v) is 4.15. The van der Waals surface area contributed by atoms with Crippen LogP contribution in [0.4, 0.5) is 5.69 Å². The van der Waals surface area contributed by atoms with Crippen LogP contribution in [0.15, 0.2) is 35.7 Å². The van der Waals surface area contributed by atoms with Crippen molar-refractivity contribution >= 4 is 17.0 Å². The van der Waals surface area contributed by atoms with Gasteiger partial charge in [-0.3, -0.25) is 0 Å². The van der Waals surface area contributed by atoms with Crippen LogP contribution < -0.4 is 14.8 Å². The molecule has 4 heteroatoms. The van der Waals surface area contributed by atoms with Gasteiger partial charge in [-0.1, -0.05) is 19.9 Å². The highest BCUT2D eigenvalue weighted by Gasteiger charge is 2.17. The van der Waals surface area contributed by atoms with Crippen molar-refractivity contribution in [2.24, 2.45) is 5.92 Å². The zero-order valence-electron chi connectivity index (χ0n) is 12.3. The molecule has 0 saturated carbocycles. The number of thiophene rings is 1. The Kier molecular flexibility index (Phi) is 4.90. The summed E-state index contributed by atoms with van der Waals surface area (Å²) in [7, 11) is 3.33. The van der Waals surface area contributed by atoms with E-state index in [9.17, 15) is 0 Å². The second kappa shape index (κ2) is 6.66. The van der Waals surface area contributed by atoms with Gasteiger partial charge in [0.1, 0.15) is 11.5 Å². The summed E-state index contributed by atoms with van der Waals surface area (Å²) in [5.41, 5.74) is 1.01. The molecule has 0 amide bonds. The normalized spacial score (nSPS) is 12.2. The van der Waals surface area contributed by atoms with Crippen molar-refractivity contribution in [2.45, 2.75) is 19.9 Å². The molecule has 20 heavy (non-hydrogen) atoms. The lowest BCUT2D eigenvalue weighted by molar-refractivity contribution is 0.394. The first-order valence-electron chi connectivity index (χ1n) is 6.67. The fourth-order valence-electron chi connectivity index (χ4n) is 2.10. The molecule has 0 saturated heterocycles. The van der Waals surface area contributed by atoms with Crippen LogP contribution in [0, 0.1) is 5.92 Å². The van der Waals surface area contributed by atoms with Crippen LogP contribution in [-0.2, 0) is 0 Å². The summed E-state index contributed by atoms with van der Waals surface area (Å²) < 4.78 is 10.6. The summed E-state index contributed by atoms with van der Waals surface area (Å²) in [5.74, 6) is 2.08. The van der Waals surface area contributed by atoms with Crippen LogP contribution in [0.25, 0.3) is 0 Å². The quantitative estimate of drug-likeness (QED) is 0.845. The Morgan fingerprint density at radius 3 is 2.15 bits per heavy atom. The maximum absolute atomic E-state index is 5.31. The monoisotopic (exact) mass is 291 g/mol. The van der Waals surface area contributed by atoms with Gasteiger partial charge in [0.05, 0.1) is 20.3 Å². The maximum Gasteiger partial charge on any atom is 0.124 e. The van der Waals surface area contributed by atoms with Crippen molar-refractivity contribution in [1.29, 1.82) is 0 Å². The van der Waals surface area contributed by atoms with E-state index in [-0.39, 0.29) is 6.04 Å². The minimum absolute atomic E-state index is 0.284. The lowest BCUT2D eigenvalue weighted by Gasteiger charge is -2.23. The van der Waals surface area contributed by atoms with Crippen molar-refractivity contribution in [3.63, 3.8) is 0 Å². The van der Waals surface area contributed by atoms with Gasteiger partial charge in [0.25, 0.3) is 0 Å². The van der Waals surface area contributed by atoms with E-state index in [1.807, 2.05) is 18.2 Å². The molecule has 0 fully saturated rings. The molecule has 0 radical (unpaired) electrons. The Hall–Kier alpha value is -1.68. The van der Waals surface area contributed by atoms with Gasteiger partial charge in [0.2, 0.25) is 0 Å². The highest BCUT2D eigenvalue weighted by atomic mass is 32.1. The molecule has 108 valence electrons. The van der Waals surface area contributed by atoms with E-state index in [4.69, 9.17) is 9.47 Å². The van der Waals surface area contributed by atoms with Gasteiger partial charge in [0.15, 0.2) is 0 Å². The molecule has 1 N–H and O–H groups in total. The number of nitrogens with one attached hydrogen (secondary N) is 1. The standard InChI is InChI=1S/C16H21NO2S/c1-11(2)16(15-6-5-7-20-15)17-12-8-13(18-3)10-14(9-12)19-4/h5-11,16-17H,1-4H3. The average molecular weight is 291 g/mol. The van der Waals surface area contributed by atoms with E-state index in [0.717, 1.165) is 17.2 Å². The SMILES string of the molecule is COc1cc(NC(c2cccs2)C(C)C)cc(OC)c1. The molecule has 1 heterocycles. The number of anilines is 1. The predicted molar refractivity (Wildman–Crippen MR) is 85.1 cm³/mol. The van der Waals surface area contributed by atoms with Crippen molar-refractivity contribution in [3.05, 3.63) is 40.6 Å². The van der Waals surface area contributed by atoms with Gasteiger partial charge in [-0.25, -0.2) is 0 Å². The minimum atomic E-state index is 0.284. The van der Waals surface area contributed by atoms with Crippen LogP contribution in [0.2, 0.25) is 0 Å². The number of benzene rings is 1. The molecular formula is C16H21NO2S. The van der Waals surface area contributed by atoms with Crippen LogP contribution in [0.1, 0.15) is 24.8 Å². The largest absolute Gasteiger partial charge is 0.497 e. The second-order valence-electron chi connectivity index (χ2n) is 4.98. The molecule has 0 spiro atoms. The Morgan fingerprint density at radius 1 is 1.05 bits per heavy atom. The van der Waals surface area contributed by atoms with Crippen molar-refractivity contribution in [2.75, 3.05) is 19.5 Å². The number of rotatable bonds is 6. The van der Waals surface area contributed by atoms with Gasteiger partial charge in [0, 0.05) is 28.8 Å². The van der Waals surface area contributed by atoms with E-state index >= 15 is 0 Å². The number of methoxy groups -OCH3 is 2. The van der Waals surface area contributed by atoms with E-state index in [1.165, 1.54) is 4.88 Å². The summed E-state index contributed by atoms with van der Waals surface area (Å²) >= 11 is 1.77. The lowest BCUT2D eigenvalue weighted by atomic mass is 10.0. The first-order valence-corrected chi connectivity index (χ1v) is 7.55. The fraction of sp³-hybridized carbons (Fsp3) is 0.375. The highest BCUT2D eigenvalue weighted by Crippen LogP contribution is 2.33. The van der Waals surface area contributed by atoms with E-state index in [0.29, 0.717) is 5.92 Å². The van der Waals surface area contributed by atoms with Gasteiger partial charge >= 0.3 is 0 Å². The first-order chi connectivity index (χ1) is 9.63. The summed E-state index contributed by atoms with van der Waals surface area (Å²) in [6.07, 6.45) is 0. The minimum Gasteiger partial charge on any atom is -0.497 e. The fourth-order valence-corrected chi connectivity index (χ4v) is 3.05. The lowest BCUT2D eigenvalue weighted by Crippen LogP contribution is -2.15. The number of hydrogen-bond donors (Lipinski definition) is 1. The first kappa shape index (κ1) is 14.7. The topological polar surface area (TPSA) is 30.5 Å². The van der Waals surface area contributed by atoms with Gasteiger partial charge < -0.3 is 14.8 Å². The molecule has 1 atom stereocenters. The summed E-state index contributed by atoms with van der Waals surface area (Å²) in [4.78, 5) is 1.33. The van der Waals surface area contributed by atoms with Crippen LogP contribution in [-0.4, -0.2) is 14.2 Å². The number of ether oxygens (including phenoxy) is 2. The Labute approximate surface area is 124 Å². The van der Waals surface area contributed by atoms with E-state index in [1.54, 1.807) is 25.6 Å². The summed E-state index contributed by atoms with van der Waals surface area (Å²) in [5, 5.41) is 5.69. The maximum atomic E-state index is 5.31. The second-order valence-corrected chi connectivity index (χ2v) is 5.96. The summed E-state index contributed by atoms with van der Waals surface area (Å²) in [6, 6.07) is 10.4. The number of hydrogen-bond acceptors (Lipinski definition) is 4. The van der Waals surface area contributed by atoms with Crippen LogP contribution in [0.3, 0.4) is 0 Å². The van der Waals surface area contributed by atoms with Crippen molar-refractivity contribution in [1.82, 2.24) is 0 Å². The zero-order chi connectivity index (χ0) is 14.5. The molecule has 0 bridgehead atoms. The van der Waals surface area contributed by atoms with E-state index < -0.39 is 0 Å². The molecule has 2 aromatic rings. The van der Waals surface area contributed by atoms with Gasteiger partial charge in [-0.2, -0.15) is 0 Å². The van der Waals surface area contributed by atoms with Crippen molar-refractivity contribution < 1.29 is 9.47 Å². The molecule has 2 rings (SSSR count). The molecule has 1 aromatic carbocycles. The Morgan fingerprint density at radius 2 is 1.70 bits per heavy atom.